The van der Waals surface area contributed by atoms with E-state index in [9.17, 15) is 13.2 Å². The molecule has 2 saturated heterocycles. The molecule has 4 rings (SSSR count). The molecule has 0 bridgehead atoms. The molecule has 2 aliphatic heterocycles. The van der Waals surface area contributed by atoms with Gasteiger partial charge in [-0.05, 0) is 48.6 Å². The van der Waals surface area contributed by atoms with Crippen LogP contribution in [-0.2, 0) is 10.0 Å². The highest BCUT2D eigenvalue weighted by atomic mass is 32.2. The lowest BCUT2D eigenvalue weighted by atomic mass is 9.91. The molecule has 0 aromatic heterocycles. The average Bonchev–Trinajstić information content (AvgIpc) is 2.79. The Hall–Kier alpha value is -2.38. The van der Waals surface area contributed by atoms with E-state index in [1.807, 2.05) is 35.2 Å². The zero-order chi connectivity index (χ0) is 22.0. The van der Waals surface area contributed by atoms with Crippen molar-refractivity contribution >= 4 is 21.6 Å². The van der Waals surface area contributed by atoms with Gasteiger partial charge in [-0.3, -0.25) is 4.79 Å². The second-order valence-electron chi connectivity index (χ2n) is 8.91. The van der Waals surface area contributed by atoms with Crippen molar-refractivity contribution < 1.29 is 13.2 Å². The van der Waals surface area contributed by atoms with Gasteiger partial charge in [0.2, 0.25) is 10.0 Å². The first-order valence-corrected chi connectivity index (χ1v) is 12.5. The molecule has 2 aliphatic rings. The minimum absolute atomic E-state index is 0.0793. The van der Waals surface area contributed by atoms with Crippen LogP contribution in [0.3, 0.4) is 0 Å². The summed E-state index contributed by atoms with van der Waals surface area (Å²) in [4.78, 5) is 17.3. The topological polar surface area (TPSA) is 60.9 Å². The van der Waals surface area contributed by atoms with Gasteiger partial charge in [-0.25, -0.2) is 8.42 Å². The van der Waals surface area contributed by atoms with Crippen molar-refractivity contribution in [1.29, 1.82) is 0 Å². The maximum absolute atomic E-state index is 13.3. The van der Waals surface area contributed by atoms with Crippen LogP contribution in [0.25, 0.3) is 0 Å². The minimum Gasteiger partial charge on any atom is -0.369 e. The number of carbonyl (C=O) groups is 1. The first-order chi connectivity index (χ1) is 14.8. The van der Waals surface area contributed by atoms with Crippen molar-refractivity contribution in [2.24, 2.45) is 11.8 Å². The number of sulfonamides is 1. The van der Waals surface area contributed by atoms with Gasteiger partial charge in [0.25, 0.3) is 5.91 Å². The van der Waals surface area contributed by atoms with E-state index in [0.29, 0.717) is 43.6 Å². The number of piperidine rings is 1. The van der Waals surface area contributed by atoms with Crippen LogP contribution in [0.4, 0.5) is 5.69 Å². The number of nitrogens with zero attached hydrogens (tertiary/aromatic N) is 3. The van der Waals surface area contributed by atoms with Crippen LogP contribution in [0.5, 0.6) is 0 Å². The molecule has 0 spiro atoms. The van der Waals surface area contributed by atoms with Crippen molar-refractivity contribution in [2.75, 3.05) is 44.2 Å². The van der Waals surface area contributed by atoms with Gasteiger partial charge >= 0.3 is 0 Å². The molecule has 0 radical (unpaired) electrons. The Kier molecular flexibility index (Phi) is 6.34. The number of para-hydroxylation sites is 1. The molecule has 2 aromatic rings. The van der Waals surface area contributed by atoms with Gasteiger partial charge in [0.15, 0.2) is 0 Å². The zero-order valence-electron chi connectivity index (χ0n) is 18.3. The number of hydrogen-bond donors (Lipinski definition) is 0. The molecule has 2 heterocycles. The van der Waals surface area contributed by atoms with E-state index in [2.05, 4.69) is 18.7 Å². The number of hydrogen-bond acceptors (Lipinski definition) is 4. The molecular weight excluding hydrogens is 410 g/mol. The van der Waals surface area contributed by atoms with Crippen LogP contribution >= 0.6 is 0 Å². The molecule has 0 saturated carbocycles. The molecule has 0 aliphatic carbocycles. The molecule has 0 N–H and O–H groups in total. The predicted octanol–water partition coefficient (Wildman–Crippen LogP) is 3.32. The summed E-state index contributed by atoms with van der Waals surface area (Å²) in [7, 11) is -3.64. The van der Waals surface area contributed by atoms with Crippen LogP contribution in [0, 0.1) is 11.8 Å². The van der Waals surface area contributed by atoms with Crippen LogP contribution < -0.4 is 4.90 Å². The number of likely N-dealkylation sites (tertiary alicyclic amines) is 1. The molecule has 31 heavy (non-hydrogen) atoms. The smallest absolute Gasteiger partial charge is 0.253 e. The number of benzene rings is 2. The van der Waals surface area contributed by atoms with E-state index >= 15 is 0 Å². The summed E-state index contributed by atoms with van der Waals surface area (Å²) in [5.74, 6) is 0.838. The Morgan fingerprint density at radius 3 is 2.16 bits per heavy atom. The number of piperazine rings is 1. The third kappa shape index (κ3) is 4.77. The van der Waals surface area contributed by atoms with Crippen LogP contribution in [0.1, 0.15) is 30.6 Å². The molecule has 2 aromatic carbocycles. The van der Waals surface area contributed by atoms with E-state index in [-0.39, 0.29) is 10.8 Å². The van der Waals surface area contributed by atoms with Crippen LogP contribution in [0.15, 0.2) is 59.5 Å². The quantitative estimate of drug-likeness (QED) is 0.730. The van der Waals surface area contributed by atoms with E-state index in [4.69, 9.17) is 0 Å². The number of anilines is 1. The Labute approximate surface area is 185 Å². The van der Waals surface area contributed by atoms with Crippen molar-refractivity contribution in [2.45, 2.75) is 25.2 Å². The van der Waals surface area contributed by atoms with E-state index in [0.717, 1.165) is 25.2 Å². The molecule has 1 amide bonds. The Morgan fingerprint density at radius 1 is 0.871 bits per heavy atom. The Balaban J connectivity index is 1.47. The third-order valence-corrected chi connectivity index (χ3v) is 8.13. The first kappa shape index (κ1) is 21.8. The zero-order valence-corrected chi connectivity index (χ0v) is 19.1. The highest BCUT2D eigenvalue weighted by molar-refractivity contribution is 7.89. The van der Waals surface area contributed by atoms with Crippen LogP contribution in [0.2, 0.25) is 0 Å². The summed E-state index contributed by atoms with van der Waals surface area (Å²) >= 11 is 0. The summed E-state index contributed by atoms with van der Waals surface area (Å²) in [6.45, 7) is 7.91. The van der Waals surface area contributed by atoms with Crippen molar-refractivity contribution in [1.82, 2.24) is 9.21 Å². The monoisotopic (exact) mass is 441 g/mol. The largest absolute Gasteiger partial charge is 0.369 e. The summed E-state index contributed by atoms with van der Waals surface area (Å²) < 4.78 is 28.1. The Bertz CT molecular complexity index is 1010. The summed E-state index contributed by atoms with van der Waals surface area (Å²) in [5, 5.41) is 0. The summed E-state index contributed by atoms with van der Waals surface area (Å²) in [6.07, 6.45) is 1.12. The normalized spacial score (nSPS) is 23.0. The van der Waals surface area contributed by atoms with Gasteiger partial charge in [-0.1, -0.05) is 38.1 Å². The van der Waals surface area contributed by atoms with Gasteiger partial charge in [0.05, 0.1) is 4.90 Å². The molecule has 6 nitrogen and oxygen atoms in total. The predicted molar refractivity (Wildman–Crippen MR) is 123 cm³/mol. The van der Waals surface area contributed by atoms with E-state index in [1.165, 1.54) is 4.31 Å². The number of carbonyl (C=O) groups excluding carboxylic acids is 1. The lowest BCUT2D eigenvalue weighted by Gasteiger charge is -2.36. The standard InChI is InChI=1S/C24H31N3O3S/c1-19-15-20(2)18-26(17-19)24(28)21-7-6-10-23(16-21)31(29,30)27-13-11-25(12-14-27)22-8-4-3-5-9-22/h3-10,16,19-20H,11-15,17-18H2,1-2H3/t19-,20+. The minimum atomic E-state index is -3.64. The molecular formula is C24H31N3O3S. The first-order valence-electron chi connectivity index (χ1n) is 11.0. The summed E-state index contributed by atoms with van der Waals surface area (Å²) in [6, 6.07) is 16.6. The third-order valence-electron chi connectivity index (χ3n) is 6.23. The molecule has 2 atom stereocenters. The highest BCUT2D eigenvalue weighted by Gasteiger charge is 2.30. The van der Waals surface area contributed by atoms with Crippen molar-refractivity contribution in [3.05, 3.63) is 60.2 Å². The number of rotatable bonds is 4. The van der Waals surface area contributed by atoms with Crippen molar-refractivity contribution in [3.63, 3.8) is 0 Å². The maximum atomic E-state index is 13.3. The van der Waals surface area contributed by atoms with Gasteiger partial charge in [-0.15, -0.1) is 0 Å². The molecule has 0 unspecified atom stereocenters. The summed E-state index contributed by atoms with van der Waals surface area (Å²) in [5.41, 5.74) is 1.56. The lowest BCUT2D eigenvalue weighted by Crippen LogP contribution is -2.48. The highest BCUT2D eigenvalue weighted by Crippen LogP contribution is 2.25. The molecule has 7 heteroatoms. The fourth-order valence-corrected chi connectivity index (χ4v) is 6.24. The van der Waals surface area contributed by atoms with E-state index < -0.39 is 10.0 Å². The van der Waals surface area contributed by atoms with Gasteiger partial charge in [0, 0.05) is 50.5 Å². The molecule has 2 fully saturated rings. The lowest BCUT2D eigenvalue weighted by molar-refractivity contribution is 0.0623. The van der Waals surface area contributed by atoms with Crippen molar-refractivity contribution in [3.8, 4) is 0 Å². The maximum Gasteiger partial charge on any atom is 0.253 e. The average molecular weight is 442 g/mol. The van der Waals surface area contributed by atoms with E-state index in [1.54, 1.807) is 24.3 Å². The fourth-order valence-electron chi connectivity index (χ4n) is 4.78. The van der Waals surface area contributed by atoms with Gasteiger partial charge < -0.3 is 9.80 Å². The SMILES string of the molecule is C[C@@H]1C[C@H](C)CN(C(=O)c2cccc(S(=O)(=O)N3CCN(c4ccccc4)CC3)c2)C1. The van der Waals surface area contributed by atoms with Gasteiger partial charge in [-0.2, -0.15) is 4.31 Å². The number of amides is 1. The fraction of sp³-hybridized carbons (Fsp3) is 0.458. The second-order valence-corrected chi connectivity index (χ2v) is 10.8. The van der Waals surface area contributed by atoms with Gasteiger partial charge in [0.1, 0.15) is 0 Å². The second kappa shape index (κ2) is 9.01. The molecule has 166 valence electrons. The van der Waals surface area contributed by atoms with Crippen LogP contribution in [-0.4, -0.2) is 62.8 Å². The Morgan fingerprint density at radius 2 is 1.52 bits per heavy atom.